The van der Waals surface area contributed by atoms with Crippen molar-refractivity contribution in [2.45, 2.75) is 37.1 Å². The van der Waals surface area contributed by atoms with Crippen molar-refractivity contribution in [3.63, 3.8) is 0 Å². The minimum Gasteiger partial charge on any atom is -0.370 e. The maximum absolute atomic E-state index is 13.7. The van der Waals surface area contributed by atoms with Gasteiger partial charge in [0.25, 0.3) is 5.91 Å². The zero-order valence-electron chi connectivity index (χ0n) is 23.3. The number of ketones is 1. The van der Waals surface area contributed by atoms with Gasteiger partial charge in [0.05, 0.1) is 11.8 Å². The second kappa shape index (κ2) is 14.6. The van der Waals surface area contributed by atoms with Gasteiger partial charge < -0.3 is 21.7 Å². The van der Waals surface area contributed by atoms with Crippen LogP contribution in [0.3, 0.4) is 0 Å². The fourth-order valence-corrected chi connectivity index (χ4v) is 6.76. The molecule has 5 N–H and O–H groups in total. The maximum Gasteiger partial charge on any atom is 0.251 e. The van der Waals surface area contributed by atoms with Gasteiger partial charge in [-0.1, -0.05) is 60.7 Å². The highest BCUT2D eigenvalue weighted by Crippen LogP contribution is 2.23. The summed E-state index contributed by atoms with van der Waals surface area (Å²) < 4.78 is 28.0. The quantitative estimate of drug-likeness (QED) is 0.105. The number of amides is 2. The van der Waals surface area contributed by atoms with E-state index >= 15 is 0 Å². The Bertz CT molecular complexity index is 1560. The molecule has 0 unspecified atom stereocenters. The summed E-state index contributed by atoms with van der Waals surface area (Å²) in [6.07, 6.45) is 4.85. The highest BCUT2D eigenvalue weighted by molar-refractivity contribution is 7.88. The first kappa shape index (κ1) is 31.4. The largest absolute Gasteiger partial charge is 0.370 e. The number of sulfonamides is 1. The van der Waals surface area contributed by atoms with E-state index in [0.717, 1.165) is 21.2 Å². The Labute approximate surface area is 254 Å². The fraction of sp³-hybridized carbons (Fsp3) is 0.276. The highest BCUT2D eigenvalue weighted by Gasteiger charge is 2.38. The van der Waals surface area contributed by atoms with Crippen LogP contribution >= 0.6 is 11.3 Å². The summed E-state index contributed by atoms with van der Waals surface area (Å²) in [6.45, 7) is -0.148. The highest BCUT2D eigenvalue weighted by atomic mass is 32.2. The first-order chi connectivity index (χ1) is 20.6. The number of hydrogen-bond acceptors (Lipinski definition) is 8. The molecule has 0 radical (unpaired) electrons. The molecule has 2 atom stereocenters. The molecule has 2 heterocycles. The topological polar surface area (TPSA) is 181 Å². The van der Waals surface area contributed by atoms with E-state index in [2.05, 4.69) is 15.3 Å². The Morgan fingerprint density at radius 2 is 1.70 bits per heavy atom. The molecule has 1 aliphatic rings. The predicted molar refractivity (Wildman–Crippen MR) is 164 cm³/mol. The number of aromatic nitrogens is 1. The van der Waals surface area contributed by atoms with E-state index in [4.69, 9.17) is 11.5 Å². The van der Waals surface area contributed by atoms with Gasteiger partial charge in [-0.05, 0) is 24.0 Å². The van der Waals surface area contributed by atoms with Crippen molar-refractivity contribution in [1.29, 1.82) is 0 Å². The minimum atomic E-state index is -3.95. The molecular weight excluding hydrogens is 590 g/mol. The number of aliphatic imine (C=N–C) groups is 1. The van der Waals surface area contributed by atoms with Crippen molar-refractivity contribution < 1.29 is 22.8 Å². The lowest BCUT2D eigenvalue weighted by Gasteiger charge is -2.36. The van der Waals surface area contributed by atoms with Crippen molar-refractivity contribution in [1.82, 2.24) is 19.5 Å². The number of nitrogens with one attached hydrogen (secondary N) is 1. The van der Waals surface area contributed by atoms with E-state index in [1.165, 1.54) is 23.5 Å². The van der Waals surface area contributed by atoms with Gasteiger partial charge in [0.2, 0.25) is 21.7 Å². The summed E-state index contributed by atoms with van der Waals surface area (Å²) in [5, 5.41) is 4.61. The fourth-order valence-electron chi connectivity index (χ4n) is 4.58. The number of carbonyl (C=O) groups is 3. The second-order valence-corrected chi connectivity index (χ2v) is 12.6. The minimum absolute atomic E-state index is 0.0767. The summed E-state index contributed by atoms with van der Waals surface area (Å²) in [6, 6.07) is 15.7. The molecule has 0 saturated carbocycles. The number of hydrogen-bond donors (Lipinski definition) is 3. The van der Waals surface area contributed by atoms with Crippen LogP contribution in [0, 0.1) is 0 Å². The van der Waals surface area contributed by atoms with Gasteiger partial charge in [-0.15, -0.1) is 11.3 Å². The number of nitrogens with zero attached hydrogens (tertiary/aromatic N) is 4. The van der Waals surface area contributed by atoms with Crippen LogP contribution in [0.2, 0.25) is 0 Å². The van der Waals surface area contributed by atoms with E-state index in [0.29, 0.717) is 12.0 Å². The molecule has 0 spiro atoms. The number of thiazole rings is 1. The third kappa shape index (κ3) is 8.72. The van der Waals surface area contributed by atoms with Gasteiger partial charge in [-0.25, -0.2) is 13.4 Å². The van der Waals surface area contributed by atoms with Gasteiger partial charge in [-0.3, -0.25) is 23.7 Å². The molecular formula is C29H33N7O5S2. The van der Waals surface area contributed by atoms with Gasteiger partial charge in [0.15, 0.2) is 11.0 Å². The van der Waals surface area contributed by atoms with Crippen LogP contribution < -0.4 is 16.8 Å². The van der Waals surface area contributed by atoms with Crippen LogP contribution in [0.1, 0.15) is 33.8 Å². The van der Waals surface area contributed by atoms with Crippen LogP contribution in [0.4, 0.5) is 0 Å². The van der Waals surface area contributed by atoms with Crippen molar-refractivity contribution in [3.05, 3.63) is 101 Å². The molecule has 226 valence electrons. The number of rotatable bonds is 14. The van der Waals surface area contributed by atoms with E-state index in [1.54, 1.807) is 47.8 Å². The molecule has 0 fully saturated rings. The van der Waals surface area contributed by atoms with Gasteiger partial charge in [0, 0.05) is 36.9 Å². The molecule has 12 nitrogen and oxygen atoms in total. The molecule has 1 aliphatic heterocycles. The van der Waals surface area contributed by atoms with Gasteiger partial charge in [0.1, 0.15) is 12.6 Å². The van der Waals surface area contributed by atoms with Crippen molar-refractivity contribution in [2.75, 3.05) is 13.1 Å². The van der Waals surface area contributed by atoms with Crippen LogP contribution in [0.25, 0.3) is 0 Å². The lowest BCUT2D eigenvalue weighted by molar-refractivity contribution is -0.137. The summed E-state index contributed by atoms with van der Waals surface area (Å²) in [4.78, 5) is 49.1. The van der Waals surface area contributed by atoms with Crippen LogP contribution in [-0.2, 0) is 31.8 Å². The zero-order chi connectivity index (χ0) is 30.8. The Kier molecular flexibility index (Phi) is 10.6. The summed E-state index contributed by atoms with van der Waals surface area (Å²) in [5.74, 6) is -1.89. The summed E-state index contributed by atoms with van der Waals surface area (Å²) in [7, 11) is -3.95. The zero-order valence-corrected chi connectivity index (χ0v) is 24.9. The van der Waals surface area contributed by atoms with Gasteiger partial charge in [-0.2, -0.15) is 0 Å². The Morgan fingerprint density at radius 1 is 1.02 bits per heavy atom. The molecule has 2 aromatic carbocycles. The third-order valence-electron chi connectivity index (χ3n) is 6.61. The maximum atomic E-state index is 13.7. The summed E-state index contributed by atoms with van der Waals surface area (Å²) >= 11 is 1.15. The number of guanidine groups is 1. The summed E-state index contributed by atoms with van der Waals surface area (Å²) in [5.41, 5.74) is 12.1. The van der Waals surface area contributed by atoms with Crippen molar-refractivity contribution >= 4 is 44.9 Å². The molecule has 14 heteroatoms. The Hall–Kier alpha value is -4.56. The first-order valence-corrected chi connectivity index (χ1v) is 16.0. The molecule has 43 heavy (non-hydrogen) atoms. The number of carbonyl (C=O) groups excluding carboxylic acids is 3. The number of nitrogens with two attached hydrogens (primary N) is 2. The SMILES string of the molecule is NC(N)=NCCC[C@H](NC(=O)CN1C=CN(S(=O)(=O)Cc2ccccc2)[C@H](Cc2ccccc2)C1=O)C(=O)c1nccs1. The average molecular weight is 624 g/mol. The Morgan fingerprint density at radius 3 is 2.33 bits per heavy atom. The standard InChI is InChI=1S/C29H33N7O5S2/c30-29(31)33-13-7-12-23(26(38)27-32-14-17-42-27)34-25(37)19-35-15-16-36(43(40,41)20-22-10-5-2-6-11-22)24(28(35)39)18-21-8-3-1-4-9-21/h1-6,8-11,14-17,23-24H,7,12-13,18-20H2,(H,34,37)(H4,30,31,33)/t23-,24+/m0/s1. The smallest absolute Gasteiger partial charge is 0.251 e. The van der Waals surface area contributed by atoms with Crippen LogP contribution in [-0.4, -0.2) is 71.3 Å². The predicted octanol–water partition coefficient (Wildman–Crippen LogP) is 1.62. The monoisotopic (exact) mass is 623 g/mol. The molecule has 2 amide bonds. The lowest BCUT2D eigenvalue weighted by atomic mass is 10.0. The molecule has 1 aromatic heterocycles. The average Bonchev–Trinajstić information content (AvgIpc) is 3.52. The normalized spacial score (nSPS) is 15.6. The van der Waals surface area contributed by atoms with Crippen molar-refractivity contribution in [2.24, 2.45) is 16.5 Å². The molecule has 4 rings (SSSR count). The number of benzene rings is 2. The van der Waals surface area contributed by atoms with E-state index < -0.39 is 40.5 Å². The number of Topliss-reactive ketones (excluding diaryl/α,β-unsaturated/α-hetero) is 1. The molecule has 0 aliphatic carbocycles. The van der Waals surface area contributed by atoms with Crippen molar-refractivity contribution in [3.8, 4) is 0 Å². The lowest BCUT2D eigenvalue weighted by Crippen LogP contribution is -2.54. The second-order valence-electron chi connectivity index (χ2n) is 9.81. The molecule has 0 saturated heterocycles. The first-order valence-electron chi connectivity index (χ1n) is 13.5. The third-order valence-corrected chi connectivity index (χ3v) is 9.11. The van der Waals surface area contributed by atoms with Crippen LogP contribution in [0.5, 0.6) is 0 Å². The van der Waals surface area contributed by atoms with Gasteiger partial charge >= 0.3 is 0 Å². The molecule has 3 aromatic rings. The molecule has 0 bridgehead atoms. The van der Waals surface area contributed by atoms with Crippen LogP contribution in [0.15, 0.2) is 89.6 Å². The Balaban J connectivity index is 1.52. The van der Waals surface area contributed by atoms with E-state index in [1.807, 2.05) is 18.2 Å². The van der Waals surface area contributed by atoms with E-state index in [9.17, 15) is 22.8 Å². The van der Waals surface area contributed by atoms with E-state index in [-0.39, 0.29) is 41.9 Å².